The summed E-state index contributed by atoms with van der Waals surface area (Å²) in [6.45, 7) is 5.82. The Labute approximate surface area is 166 Å². The highest BCUT2D eigenvalue weighted by atomic mass is 16.5. The van der Waals surface area contributed by atoms with E-state index in [0.717, 1.165) is 25.2 Å². The van der Waals surface area contributed by atoms with Gasteiger partial charge < -0.3 is 9.64 Å². The topological polar surface area (TPSA) is 49.9 Å². The molecule has 1 fully saturated rings. The molecule has 2 aromatic rings. The lowest BCUT2D eigenvalue weighted by molar-refractivity contribution is -0.156. The predicted molar refractivity (Wildman–Crippen MR) is 109 cm³/mol. The van der Waals surface area contributed by atoms with Crippen LogP contribution in [0.4, 0.5) is 0 Å². The second-order valence-corrected chi connectivity index (χ2v) is 7.08. The van der Waals surface area contributed by atoms with Crippen LogP contribution in [0.1, 0.15) is 18.1 Å². The highest BCUT2D eigenvalue weighted by molar-refractivity contribution is 5.98. The van der Waals surface area contributed by atoms with E-state index in [9.17, 15) is 9.59 Å². The van der Waals surface area contributed by atoms with Crippen LogP contribution in [0.3, 0.4) is 0 Å². The zero-order valence-electron chi connectivity index (χ0n) is 16.4. The molecule has 0 aliphatic carbocycles. The van der Waals surface area contributed by atoms with E-state index in [-0.39, 0.29) is 12.5 Å². The first-order valence-corrected chi connectivity index (χ1v) is 9.93. The van der Waals surface area contributed by atoms with Crippen LogP contribution in [0.15, 0.2) is 60.7 Å². The minimum Gasteiger partial charge on any atom is -0.465 e. The Morgan fingerprint density at radius 2 is 1.46 bits per heavy atom. The van der Waals surface area contributed by atoms with Crippen LogP contribution in [0.2, 0.25) is 0 Å². The van der Waals surface area contributed by atoms with Crippen molar-refractivity contribution in [1.82, 2.24) is 9.80 Å². The first kappa shape index (κ1) is 20.1. The SMILES string of the molecule is CCOC(=O)[C@@H](Cc1ccccc1)C(=O)N1CCN(Cc2ccccc2)CC1. The number of carbonyl (C=O) groups excluding carboxylic acids is 2. The molecule has 2 aromatic carbocycles. The van der Waals surface area contributed by atoms with Gasteiger partial charge in [0.05, 0.1) is 6.61 Å². The van der Waals surface area contributed by atoms with Crippen LogP contribution < -0.4 is 0 Å². The quantitative estimate of drug-likeness (QED) is 0.547. The molecule has 0 radical (unpaired) electrons. The molecule has 1 saturated heterocycles. The number of esters is 1. The Balaban J connectivity index is 1.60. The fraction of sp³-hybridized carbons (Fsp3) is 0.391. The zero-order valence-corrected chi connectivity index (χ0v) is 16.4. The third kappa shape index (κ3) is 5.42. The number of rotatable bonds is 7. The van der Waals surface area contributed by atoms with Crippen molar-refractivity contribution in [3.63, 3.8) is 0 Å². The maximum absolute atomic E-state index is 13.1. The Bertz CT molecular complexity index is 756. The van der Waals surface area contributed by atoms with Crippen molar-refractivity contribution < 1.29 is 14.3 Å². The predicted octanol–water partition coefficient (Wildman–Crippen LogP) is 2.75. The monoisotopic (exact) mass is 380 g/mol. The van der Waals surface area contributed by atoms with E-state index in [1.807, 2.05) is 53.4 Å². The molecule has 1 amide bonds. The van der Waals surface area contributed by atoms with E-state index in [0.29, 0.717) is 19.5 Å². The van der Waals surface area contributed by atoms with Gasteiger partial charge in [-0.1, -0.05) is 60.7 Å². The van der Waals surface area contributed by atoms with Crippen molar-refractivity contribution in [2.75, 3.05) is 32.8 Å². The summed E-state index contributed by atoms with van der Waals surface area (Å²) in [5.74, 6) is -1.33. The lowest BCUT2D eigenvalue weighted by Crippen LogP contribution is -2.51. The second-order valence-electron chi connectivity index (χ2n) is 7.08. The molecule has 1 aliphatic rings. The smallest absolute Gasteiger partial charge is 0.318 e. The van der Waals surface area contributed by atoms with Crippen molar-refractivity contribution >= 4 is 11.9 Å². The molecule has 5 nitrogen and oxygen atoms in total. The fourth-order valence-corrected chi connectivity index (χ4v) is 3.55. The van der Waals surface area contributed by atoms with E-state index >= 15 is 0 Å². The number of hydrogen-bond acceptors (Lipinski definition) is 4. The number of hydrogen-bond donors (Lipinski definition) is 0. The van der Waals surface area contributed by atoms with Crippen LogP contribution in [0.5, 0.6) is 0 Å². The van der Waals surface area contributed by atoms with Gasteiger partial charge in [0.25, 0.3) is 0 Å². The molecule has 1 atom stereocenters. The van der Waals surface area contributed by atoms with Crippen molar-refractivity contribution in [1.29, 1.82) is 0 Å². The van der Waals surface area contributed by atoms with Crippen LogP contribution in [0.25, 0.3) is 0 Å². The Morgan fingerprint density at radius 3 is 2.04 bits per heavy atom. The average Bonchev–Trinajstić information content (AvgIpc) is 2.74. The Hall–Kier alpha value is -2.66. The van der Waals surface area contributed by atoms with Gasteiger partial charge in [-0.3, -0.25) is 14.5 Å². The number of carbonyl (C=O) groups is 2. The third-order valence-electron chi connectivity index (χ3n) is 5.08. The third-order valence-corrected chi connectivity index (χ3v) is 5.08. The fourth-order valence-electron chi connectivity index (χ4n) is 3.55. The van der Waals surface area contributed by atoms with Crippen LogP contribution >= 0.6 is 0 Å². The molecular weight excluding hydrogens is 352 g/mol. The van der Waals surface area contributed by atoms with Gasteiger partial charge >= 0.3 is 5.97 Å². The summed E-state index contributed by atoms with van der Waals surface area (Å²) < 4.78 is 5.19. The molecule has 148 valence electrons. The molecule has 3 rings (SSSR count). The summed E-state index contributed by atoms with van der Waals surface area (Å²) in [6, 6.07) is 20.0. The van der Waals surface area contributed by atoms with Gasteiger partial charge in [0.2, 0.25) is 5.91 Å². The largest absolute Gasteiger partial charge is 0.465 e. The molecule has 0 unspecified atom stereocenters. The van der Waals surface area contributed by atoms with Gasteiger partial charge in [-0.15, -0.1) is 0 Å². The highest BCUT2D eigenvalue weighted by Gasteiger charge is 2.33. The molecule has 0 aromatic heterocycles. The molecule has 1 heterocycles. The van der Waals surface area contributed by atoms with E-state index in [1.165, 1.54) is 5.56 Å². The average molecular weight is 380 g/mol. The van der Waals surface area contributed by atoms with Crippen LogP contribution in [-0.4, -0.2) is 54.5 Å². The second kappa shape index (κ2) is 10.0. The summed E-state index contributed by atoms with van der Waals surface area (Å²) >= 11 is 0. The number of ether oxygens (including phenoxy) is 1. The van der Waals surface area contributed by atoms with Gasteiger partial charge in [0.1, 0.15) is 5.92 Å². The Morgan fingerprint density at radius 1 is 0.893 bits per heavy atom. The first-order chi connectivity index (χ1) is 13.7. The van der Waals surface area contributed by atoms with E-state index < -0.39 is 11.9 Å². The minimum atomic E-state index is -0.775. The number of piperazine rings is 1. The normalized spacial score (nSPS) is 15.8. The summed E-state index contributed by atoms with van der Waals surface area (Å²) in [4.78, 5) is 29.7. The molecule has 1 aliphatic heterocycles. The molecule has 0 spiro atoms. The first-order valence-electron chi connectivity index (χ1n) is 9.93. The summed E-state index contributed by atoms with van der Waals surface area (Å²) in [7, 11) is 0. The molecule has 0 bridgehead atoms. The summed E-state index contributed by atoms with van der Waals surface area (Å²) in [6.07, 6.45) is 0.378. The van der Waals surface area contributed by atoms with Gasteiger partial charge in [-0.2, -0.15) is 0 Å². The van der Waals surface area contributed by atoms with Crippen molar-refractivity contribution in [2.24, 2.45) is 5.92 Å². The maximum Gasteiger partial charge on any atom is 0.318 e. The number of nitrogens with zero attached hydrogens (tertiary/aromatic N) is 2. The van der Waals surface area contributed by atoms with Crippen LogP contribution in [-0.2, 0) is 27.3 Å². The lowest BCUT2D eigenvalue weighted by Gasteiger charge is -2.36. The highest BCUT2D eigenvalue weighted by Crippen LogP contribution is 2.16. The van der Waals surface area contributed by atoms with Crippen molar-refractivity contribution in [2.45, 2.75) is 19.9 Å². The van der Waals surface area contributed by atoms with Gasteiger partial charge in [-0.05, 0) is 24.5 Å². The van der Waals surface area contributed by atoms with Gasteiger partial charge in [0.15, 0.2) is 0 Å². The number of benzene rings is 2. The standard InChI is InChI=1S/C23H28N2O3/c1-2-28-23(27)21(17-19-9-5-3-6-10-19)22(26)25-15-13-24(14-16-25)18-20-11-7-4-8-12-20/h3-12,21H,2,13-18H2,1H3/t21-/m0/s1. The molecule has 5 heteroatoms. The molecule has 0 N–H and O–H groups in total. The van der Waals surface area contributed by atoms with Crippen molar-refractivity contribution in [3.8, 4) is 0 Å². The van der Waals surface area contributed by atoms with E-state index in [4.69, 9.17) is 4.74 Å². The number of amides is 1. The van der Waals surface area contributed by atoms with E-state index in [1.54, 1.807) is 6.92 Å². The van der Waals surface area contributed by atoms with E-state index in [2.05, 4.69) is 17.0 Å². The van der Waals surface area contributed by atoms with Crippen molar-refractivity contribution in [3.05, 3.63) is 71.8 Å². The van der Waals surface area contributed by atoms with Crippen LogP contribution in [0, 0.1) is 5.92 Å². The molecular formula is C23H28N2O3. The Kier molecular flexibility index (Phi) is 7.20. The van der Waals surface area contributed by atoms with Gasteiger partial charge in [-0.25, -0.2) is 0 Å². The lowest BCUT2D eigenvalue weighted by atomic mass is 9.97. The zero-order chi connectivity index (χ0) is 19.8. The summed E-state index contributed by atoms with van der Waals surface area (Å²) in [5, 5.41) is 0. The maximum atomic E-state index is 13.1. The minimum absolute atomic E-state index is 0.123. The summed E-state index contributed by atoms with van der Waals surface area (Å²) in [5.41, 5.74) is 2.24. The molecule has 28 heavy (non-hydrogen) atoms. The van der Waals surface area contributed by atoms with Gasteiger partial charge in [0, 0.05) is 32.7 Å². The molecule has 0 saturated carbocycles.